The predicted molar refractivity (Wildman–Crippen MR) is 65.7 cm³/mol. The third-order valence-electron chi connectivity index (χ3n) is 3.21. The molecule has 0 unspecified atom stereocenters. The standard InChI is InChI=1S/C13H14F3N3O/c1-2-7-17-11(20)8-19-10-6-4-3-5-9(10)12(18-19)13(14,15)16/h1H,3-8H2,(H,17,20). The number of hydrogen-bond donors (Lipinski definition) is 1. The first-order valence-electron chi connectivity index (χ1n) is 6.29. The third-order valence-corrected chi connectivity index (χ3v) is 3.21. The number of hydrogen-bond acceptors (Lipinski definition) is 2. The van der Waals surface area contributed by atoms with E-state index in [9.17, 15) is 18.0 Å². The van der Waals surface area contributed by atoms with Gasteiger partial charge in [-0.1, -0.05) is 5.92 Å². The normalized spacial score (nSPS) is 14.5. The van der Waals surface area contributed by atoms with Gasteiger partial charge in [-0.25, -0.2) is 0 Å². The van der Waals surface area contributed by atoms with E-state index in [-0.39, 0.29) is 18.7 Å². The lowest BCUT2D eigenvalue weighted by Crippen LogP contribution is -2.29. The largest absolute Gasteiger partial charge is 0.435 e. The monoisotopic (exact) mass is 285 g/mol. The van der Waals surface area contributed by atoms with Gasteiger partial charge in [-0.05, 0) is 25.7 Å². The lowest BCUT2D eigenvalue weighted by molar-refractivity contribution is -0.142. The van der Waals surface area contributed by atoms with E-state index < -0.39 is 17.8 Å². The van der Waals surface area contributed by atoms with Gasteiger partial charge in [0.2, 0.25) is 5.91 Å². The van der Waals surface area contributed by atoms with Crippen LogP contribution in [0.5, 0.6) is 0 Å². The molecular formula is C13H14F3N3O. The number of terminal acetylenes is 1. The highest BCUT2D eigenvalue weighted by molar-refractivity contribution is 5.76. The van der Waals surface area contributed by atoms with Gasteiger partial charge < -0.3 is 5.32 Å². The average Bonchev–Trinajstić information content (AvgIpc) is 2.75. The summed E-state index contributed by atoms with van der Waals surface area (Å²) in [7, 11) is 0. The molecule has 1 aliphatic carbocycles. The first-order chi connectivity index (χ1) is 9.43. The molecule has 108 valence electrons. The quantitative estimate of drug-likeness (QED) is 0.856. The second-order valence-electron chi connectivity index (χ2n) is 4.62. The minimum absolute atomic E-state index is 0.0500. The Labute approximate surface area is 114 Å². The van der Waals surface area contributed by atoms with Gasteiger partial charge in [0.1, 0.15) is 6.54 Å². The van der Waals surface area contributed by atoms with Crippen LogP contribution in [-0.4, -0.2) is 22.2 Å². The first-order valence-corrected chi connectivity index (χ1v) is 6.29. The number of nitrogens with zero attached hydrogens (tertiary/aromatic N) is 2. The highest BCUT2D eigenvalue weighted by Crippen LogP contribution is 2.35. The summed E-state index contributed by atoms with van der Waals surface area (Å²) in [4.78, 5) is 11.6. The van der Waals surface area contributed by atoms with E-state index in [1.54, 1.807) is 0 Å². The van der Waals surface area contributed by atoms with Crippen molar-refractivity contribution in [1.82, 2.24) is 15.1 Å². The van der Waals surface area contributed by atoms with Crippen LogP contribution in [0.4, 0.5) is 13.2 Å². The van der Waals surface area contributed by atoms with Gasteiger partial charge in [0.25, 0.3) is 0 Å². The fraction of sp³-hybridized carbons (Fsp3) is 0.538. The molecule has 0 aliphatic heterocycles. The number of alkyl halides is 3. The van der Waals surface area contributed by atoms with E-state index in [2.05, 4.69) is 16.3 Å². The van der Waals surface area contributed by atoms with Crippen molar-refractivity contribution in [3.63, 3.8) is 0 Å². The molecule has 1 aliphatic rings. The van der Waals surface area contributed by atoms with Crippen molar-refractivity contribution in [3.05, 3.63) is 17.0 Å². The smallest absolute Gasteiger partial charge is 0.344 e. The molecule has 20 heavy (non-hydrogen) atoms. The van der Waals surface area contributed by atoms with E-state index in [1.807, 2.05) is 0 Å². The molecule has 0 fully saturated rings. The number of nitrogens with one attached hydrogen (secondary N) is 1. The Morgan fingerprint density at radius 2 is 2.10 bits per heavy atom. The predicted octanol–water partition coefficient (Wildman–Crippen LogP) is 1.53. The van der Waals surface area contributed by atoms with Crippen molar-refractivity contribution in [3.8, 4) is 12.3 Å². The van der Waals surface area contributed by atoms with Crippen molar-refractivity contribution >= 4 is 5.91 Å². The Hall–Kier alpha value is -1.97. The first kappa shape index (κ1) is 14.4. The van der Waals surface area contributed by atoms with E-state index in [0.717, 1.165) is 11.1 Å². The van der Waals surface area contributed by atoms with Crippen LogP contribution < -0.4 is 5.32 Å². The zero-order chi connectivity index (χ0) is 14.8. The van der Waals surface area contributed by atoms with Crippen molar-refractivity contribution in [1.29, 1.82) is 0 Å². The molecule has 0 bridgehead atoms. The van der Waals surface area contributed by atoms with Crippen LogP contribution in [0.2, 0.25) is 0 Å². The summed E-state index contributed by atoms with van der Waals surface area (Å²) in [5.74, 6) is 1.80. The number of halogens is 3. The molecule has 0 aromatic carbocycles. The Bertz CT molecular complexity index is 554. The molecule has 1 N–H and O–H groups in total. The van der Waals surface area contributed by atoms with E-state index in [0.29, 0.717) is 25.0 Å². The van der Waals surface area contributed by atoms with Crippen LogP contribution in [0.25, 0.3) is 0 Å². The van der Waals surface area contributed by atoms with Crippen LogP contribution in [0, 0.1) is 12.3 Å². The molecule has 1 heterocycles. The van der Waals surface area contributed by atoms with Gasteiger partial charge in [0, 0.05) is 11.3 Å². The van der Waals surface area contributed by atoms with Gasteiger partial charge >= 0.3 is 6.18 Å². The maximum Gasteiger partial charge on any atom is 0.435 e. The maximum atomic E-state index is 12.9. The summed E-state index contributed by atoms with van der Waals surface area (Å²) < 4.78 is 39.9. The minimum atomic E-state index is -4.48. The number of carbonyl (C=O) groups excluding carboxylic acids is 1. The Kier molecular flexibility index (Phi) is 4.02. The molecule has 7 heteroatoms. The van der Waals surface area contributed by atoms with E-state index >= 15 is 0 Å². The van der Waals surface area contributed by atoms with Crippen LogP contribution in [0.3, 0.4) is 0 Å². The van der Waals surface area contributed by atoms with Crippen molar-refractivity contribution in [2.24, 2.45) is 0 Å². The molecular weight excluding hydrogens is 271 g/mol. The summed E-state index contributed by atoms with van der Waals surface area (Å²) in [5, 5.41) is 6.01. The zero-order valence-corrected chi connectivity index (χ0v) is 10.8. The lowest BCUT2D eigenvalue weighted by Gasteiger charge is -2.14. The van der Waals surface area contributed by atoms with Gasteiger partial charge in [-0.2, -0.15) is 18.3 Å². The highest BCUT2D eigenvalue weighted by Gasteiger charge is 2.39. The fourth-order valence-electron chi connectivity index (χ4n) is 2.37. The summed E-state index contributed by atoms with van der Waals surface area (Å²) in [6, 6.07) is 0. The Morgan fingerprint density at radius 1 is 1.40 bits per heavy atom. The van der Waals surface area contributed by atoms with Crippen LogP contribution in [0.1, 0.15) is 29.8 Å². The molecule has 2 rings (SSSR count). The van der Waals surface area contributed by atoms with Crippen LogP contribution >= 0.6 is 0 Å². The molecule has 0 saturated carbocycles. The molecule has 4 nitrogen and oxygen atoms in total. The average molecular weight is 285 g/mol. The lowest BCUT2D eigenvalue weighted by atomic mass is 9.95. The molecule has 0 spiro atoms. The number of carbonyl (C=O) groups is 1. The van der Waals surface area contributed by atoms with Crippen molar-refractivity contribution in [2.75, 3.05) is 6.54 Å². The summed E-state index contributed by atoms with van der Waals surface area (Å²) in [5.41, 5.74) is -0.120. The van der Waals surface area contributed by atoms with Gasteiger partial charge in [0.05, 0.1) is 6.54 Å². The van der Waals surface area contributed by atoms with Crippen molar-refractivity contribution < 1.29 is 18.0 Å². The number of amides is 1. The van der Waals surface area contributed by atoms with Crippen molar-refractivity contribution in [2.45, 2.75) is 38.4 Å². The van der Waals surface area contributed by atoms with Gasteiger partial charge in [0.15, 0.2) is 5.69 Å². The summed E-state index contributed by atoms with van der Waals surface area (Å²) in [6.45, 7) is -0.186. The highest BCUT2D eigenvalue weighted by atomic mass is 19.4. The zero-order valence-electron chi connectivity index (χ0n) is 10.8. The molecule has 1 aromatic heterocycles. The Morgan fingerprint density at radius 3 is 2.75 bits per heavy atom. The summed E-state index contributed by atoms with van der Waals surface area (Å²) >= 11 is 0. The fourth-order valence-corrected chi connectivity index (χ4v) is 2.37. The topological polar surface area (TPSA) is 46.9 Å². The molecule has 1 amide bonds. The van der Waals surface area contributed by atoms with Crippen LogP contribution in [-0.2, 0) is 30.4 Å². The van der Waals surface area contributed by atoms with Gasteiger partial charge in [-0.15, -0.1) is 6.42 Å². The van der Waals surface area contributed by atoms with E-state index in [4.69, 9.17) is 6.42 Å². The van der Waals surface area contributed by atoms with E-state index in [1.165, 1.54) is 0 Å². The summed E-state index contributed by atoms with van der Waals surface area (Å²) in [6.07, 6.45) is 2.92. The Balaban J connectivity index is 2.28. The molecule has 1 aromatic rings. The number of fused-ring (bicyclic) bond motifs is 1. The SMILES string of the molecule is C#CCNC(=O)Cn1nc(C(F)(F)F)c2c1CCCC2. The maximum absolute atomic E-state index is 12.9. The second-order valence-corrected chi connectivity index (χ2v) is 4.62. The van der Waals surface area contributed by atoms with Gasteiger partial charge in [-0.3, -0.25) is 9.48 Å². The molecule has 0 saturated heterocycles. The number of rotatable bonds is 3. The minimum Gasteiger partial charge on any atom is -0.344 e. The number of aromatic nitrogens is 2. The molecule has 0 radical (unpaired) electrons. The third kappa shape index (κ3) is 2.95. The molecule has 0 atom stereocenters. The second kappa shape index (κ2) is 5.57. The van der Waals surface area contributed by atoms with Crippen LogP contribution in [0.15, 0.2) is 0 Å².